The van der Waals surface area contributed by atoms with Crippen LogP contribution in [0.3, 0.4) is 0 Å². The van der Waals surface area contributed by atoms with Crippen LogP contribution in [-0.4, -0.2) is 21.8 Å². The maximum atomic E-state index is 5.71. The summed E-state index contributed by atoms with van der Waals surface area (Å²) in [5.41, 5.74) is 2.15. The highest BCUT2D eigenvalue weighted by molar-refractivity contribution is 5.28. The topological polar surface area (TPSA) is 52.0 Å². The molecule has 2 rings (SSSR count). The van der Waals surface area contributed by atoms with Crippen molar-refractivity contribution in [2.45, 2.75) is 33.4 Å². The Morgan fingerprint density at radius 2 is 2.16 bits per heavy atom. The van der Waals surface area contributed by atoms with Gasteiger partial charge in [-0.2, -0.15) is 5.10 Å². The fourth-order valence-corrected chi connectivity index (χ4v) is 1.78. The van der Waals surface area contributed by atoms with Crippen molar-refractivity contribution >= 4 is 0 Å². The van der Waals surface area contributed by atoms with E-state index in [1.54, 1.807) is 6.20 Å². The molecular formula is C14H20N4O. The van der Waals surface area contributed by atoms with Gasteiger partial charge in [-0.3, -0.25) is 4.68 Å². The zero-order valence-electron chi connectivity index (χ0n) is 11.8. The quantitative estimate of drug-likeness (QED) is 0.898. The van der Waals surface area contributed by atoms with Gasteiger partial charge in [0.05, 0.1) is 12.4 Å². The molecule has 0 amide bonds. The van der Waals surface area contributed by atoms with Crippen LogP contribution in [0.4, 0.5) is 0 Å². The average Bonchev–Trinajstić information content (AvgIpc) is 2.81. The molecule has 0 unspecified atom stereocenters. The number of hydrogen-bond donors (Lipinski definition) is 1. The minimum absolute atomic E-state index is 0.324. The number of nitrogens with zero attached hydrogens (tertiary/aromatic N) is 3. The lowest BCUT2D eigenvalue weighted by molar-refractivity contribution is 0.457. The third-order valence-electron chi connectivity index (χ3n) is 2.87. The first-order valence-electron chi connectivity index (χ1n) is 6.43. The third kappa shape index (κ3) is 3.32. The van der Waals surface area contributed by atoms with E-state index in [1.807, 2.05) is 37.0 Å². The Balaban J connectivity index is 2.12. The van der Waals surface area contributed by atoms with Gasteiger partial charge < -0.3 is 10.1 Å². The molecule has 0 aliphatic heterocycles. The molecule has 0 aromatic carbocycles. The molecule has 102 valence electrons. The average molecular weight is 260 g/mol. The molecule has 2 heterocycles. The first-order valence-corrected chi connectivity index (χ1v) is 6.43. The molecule has 2 aromatic rings. The summed E-state index contributed by atoms with van der Waals surface area (Å²) in [6.45, 7) is 6.94. The van der Waals surface area contributed by atoms with Crippen molar-refractivity contribution in [3.05, 3.63) is 35.8 Å². The van der Waals surface area contributed by atoms with Gasteiger partial charge >= 0.3 is 0 Å². The molecule has 5 nitrogen and oxygen atoms in total. The minimum atomic E-state index is 0.324. The summed E-state index contributed by atoms with van der Waals surface area (Å²) in [5, 5.41) is 7.35. The second-order valence-electron chi connectivity index (χ2n) is 4.78. The first-order chi connectivity index (χ1) is 9.10. The Bertz CT molecular complexity index is 548. The summed E-state index contributed by atoms with van der Waals surface area (Å²) in [6, 6.07) is 4.23. The molecule has 0 aliphatic rings. The second-order valence-corrected chi connectivity index (χ2v) is 4.78. The van der Waals surface area contributed by atoms with Gasteiger partial charge in [0.2, 0.25) is 5.88 Å². The molecule has 0 fully saturated rings. The highest BCUT2D eigenvalue weighted by atomic mass is 16.5. The Kier molecular flexibility index (Phi) is 4.16. The second kappa shape index (κ2) is 5.84. The van der Waals surface area contributed by atoms with E-state index >= 15 is 0 Å². The lowest BCUT2D eigenvalue weighted by Gasteiger charge is -2.07. The summed E-state index contributed by atoms with van der Waals surface area (Å²) in [7, 11) is 1.92. The Morgan fingerprint density at radius 3 is 2.74 bits per heavy atom. The van der Waals surface area contributed by atoms with E-state index in [0.29, 0.717) is 17.7 Å². The van der Waals surface area contributed by atoms with Crippen LogP contribution < -0.4 is 10.1 Å². The van der Waals surface area contributed by atoms with Crippen LogP contribution >= 0.6 is 0 Å². The fraction of sp³-hybridized carbons (Fsp3) is 0.429. The van der Waals surface area contributed by atoms with Crippen LogP contribution in [0.1, 0.15) is 31.1 Å². The Morgan fingerprint density at radius 1 is 1.37 bits per heavy atom. The molecule has 0 saturated heterocycles. The van der Waals surface area contributed by atoms with E-state index in [4.69, 9.17) is 4.74 Å². The number of pyridine rings is 1. The van der Waals surface area contributed by atoms with Gasteiger partial charge in [-0.25, -0.2) is 4.98 Å². The van der Waals surface area contributed by atoms with Gasteiger partial charge in [-0.15, -0.1) is 0 Å². The molecule has 0 saturated carbocycles. The smallest absolute Gasteiger partial charge is 0.219 e. The summed E-state index contributed by atoms with van der Waals surface area (Å²) in [4.78, 5) is 4.44. The van der Waals surface area contributed by atoms with Crippen molar-refractivity contribution in [2.24, 2.45) is 0 Å². The zero-order chi connectivity index (χ0) is 13.8. The third-order valence-corrected chi connectivity index (χ3v) is 2.87. The van der Waals surface area contributed by atoms with E-state index in [1.165, 1.54) is 5.56 Å². The van der Waals surface area contributed by atoms with Crippen LogP contribution in [0.15, 0.2) is 24.5 Å². The Hall–Kier alpha value is -1.88. The van der Waals surface area contributed by atoms with Crippen LogP contribution in [0.25, 0.3) is 0 Å². The van der Waals surface area contributed by atoms with Gasteiger partial charge in [0.25, 0.3) is 0 Å². The molecule has 0 bridgehead atoms. The van der Waals surface area contributed by atoms with Gasteiger partial charge in [0, 0.05) is 24.3 Å². The van der Waals surface area contributed by atoms with Gasteiger partial charge in [0.1, 0.15) is 0 Å². The maximum Gasteiger partial charge on any atom is 0.219 e. The number of aromatic nitrogens is 3. The molecule has 19 heavy (non-hydrogen) atoms. The first kappa shape index (κ1) is 13.5. The number of hydrogen-bond acceptors (Lipinski definition) is 4. The van der Waals surface area contributed by atoms with E-state index in [0.717, 1.165) is 12.2 Å². The summed E-state index contributed by atoms with van der Waals surface area (Å²) in [6.07, 6.45) is 3.59. The minimum Gasteiger partial charge on any atom is -0.436 e. The van der Waals surface area contributed by atoms with Crippen LogP contribution in [0.2, 0.25) is 0 Å². The van der Waals surface area contributed by atoms with Crippen molar-refractivity contribution < 1.29 is 4.74 Å². The normalized spacial score (nSPS) is 11.0. The van der Waals surface area contributed by atoms with Crippen LogP contribution in [0.5, 0.6) is 11.6 Å². The SMILES string of the molecule is CNCc1ccc(Oc2cnn(C(C)C)c2)nc1C. The van der Waals surface area contributed by atoms with Gasteiger partial charge in [-0.1, -0.05) is 6.07 Å². The van der Waals surface area contributed by atoms with Crippen molar-refractivity contribution in [1.82, 2.24) is 20.1 Å². The van der Waals surface area contributed by atoms with E-state index in [-0.39, 0.29) is 0 Å². The zero-order valence-corrected chi connectivity index (χ0v) is 11.8. The van der Waals surface area contributed by atoms with E-state index in [9.17, 15) is 0 Å². The Labute approximate surface area is 113 Å². The number of ether oxygens (including phenoxy) is 1. The predicted molar refractivity (Wildman–Crippen MR) is 74.4 cm³/mol. The molecule has 1 N–H and O–H groups in total. The molecule has 0 radical (unpaired) electrons. The van der Waals surface area contributed by atoms with Crippen molar-refractivity contribution in [3.8, 4) is 11.6 Å². The highest BCUT2D eigenvalue weighted by Crippen LogP contribution is 2.21. The van der Waals surface area contributed by atoms with E-state index in [2.05, 4.69) is 29.2 Å². The molecule has 5 heteroatoms. The maximum absolute atomic E-state index is 5.71. The summed E-state index contributed by atoms with van der Waals surface area (Å²) >= 11 is 0. The lowest BCUT2D eigenvalue weighted by Crippen LogP contribution is -2.07. The predicted octanol–water partition coefficient (Wildman–Crippen LogP) is 2.68. The van der Waals surface area contributed by atoms with Crippen molar-refractivity contribution in [2.75, 3.05) is 7.05 Å². The molecular weight excluding hydrogens is 240 g/mol. The fourth-order valence-electron chi connectivity index (χ4n) is 1.78. The standard InChI is InChI=1S/C14H20N4O/c1-10(2)18-9-13(8-16-18)19-14-6-5-12(7-15-4)11(3)17-14/h5-6,8-10,15H,7H2,1-4H3. The van der Waals surface area contributed by atoms with Gasteiger partial charge in [-0.05, 0) is 33.4 Å². The van der Waals surface area contributed by atoms with Crippen LogP contribution in [0, 0.1) is 6.92 Å². The van der Waals surface area contributed by atoms with Gasteiger partial charge in [0.15, 0.2) is 5.75 Å². The summed E-state index contributed by atoms with van der Waals surface area (Å²) < 4.78 is 7.57. The number of aryl methyl sites for hydroxylation is 1. The summed E-state index contributed by atoms with van der Waals surface area (Å²) in [5.74, 6) is 1.31. The number of nitrogens with one attached hydrogen (secondary N) is 1. The van der Waals surface area contributed by atoms with Crippen molar-refractivity contribution in [3.63, 3.8) is 0 Å². The monoisotopic (exact) mass is 260 g/mol. The van der Waals surface area contributed by atoms with Crippen LogP contribution in [-0.2, 0) is 6.54 Å². The van der Waals surface area contributed by atoms with Crippen molar-refractivity contribution in [1.29, 1.82) is 0 Å². The largest absolute Gasteiger partial charge is 0.436 e. The molecule has 0 aliphatic carbocycles. The highest BCUT2D eigenvalue weighted by Gasteiger charge is 2.06. The molecule has 0 atom stereocenters. The molecule has 2 aromatic heterocycles. The lowest BCUT2D eigenvalue weighted by atomic mass is 10.2. The number of rotatable bonds is 5. The molecule has 0 spiro atoms. The van der Waals surface area contributed by atoms with E-state index < -0.39 is 0 Å².